The second-order valence-corrected chi connectivity index (χ2v) is 5.98. The van der Waals surface area contributed by atoms with Gasteiger partial charge in [-0.25, -0.2) is 9.98 Å². The smallest absolute Gasteiger partial charge is 0.213 e. The first kappa shape index (κ1) is 17.3. The number of guanidine groups is 1. The summed E-state index contributed by atoms with van der Waals surface area (Å²) in [5.74, 6) is 2.11. The lowest BCUT2D eigenvalue weighted by Crippen LogP contribution is -2.40. The summed E-state index contributed by atoms with van der Waals surface area (Å²) >= 11 is 0. The summed E-state index contributed by atoms with van der Waals surface area (Å²) in [5.41, 5.74) is 7.11. The van der Waals surface area contributed by atoms with Crippen LogP contribution < -0.4 is 10.5 Å². The quantitative estimate of drug-likeness (QED) is 0.456. The average molecular weight is 416 g/mol. The molecular formula is C16H25IN4O. The summed E-state index contributed by atoms with van der Waals surface area (Å²) in [4.78, 5) is 11.0. The van der Waals surface area contributed by atoms with Crippen molar-refractivity contribution in [1.29, 1.82) is 0 Å². The van der Waals surface area contributed by atoms with E-state index in [2.05, 4.69) is 14.9 Å². The highest BCUT2D eigenvalue weighted by atomic mass is 127. The van der Waals surface area contributed by atoms with Gasteiger partial charge in [0.25, 0.3) is 0 Å². The molecule has 1 aromatic heterocycles. The van der Waals surface area contributed by atoms with E-state index >= 15 is 0 Å². The van der Waals surface area contributed by atoms with Crippen LogP contribution in [0.1, 0.15) is 37.7 Å². The first-order valence-electron chi connectivity index (χ1n) is 7.94. The molecule has 122 valence electrons. The van der Waals surface area contributed by atoms with Crippen molar-refractivity contribution in [2.45, 2.75) is 38.6 Å². The number of piperidine rings is 1. The molecule has 2 fully saturated rings. The Bertz CT molecular complexity index is 481. The van der Waals surface area contributed by atoms with Crippen LogP contribution in [0.25, 0.3) is 0 Å². The second kappa shape index (κ2) is 8.55. The molecule has 1 aromatic rings. The van der Waals surface area contributed by atoms with Gasteiger partial charge in [-0.05, 0) is 43.6 Å². The predicted molar refractivity (Wildman–Crippen MR) is 98.6 cm³/mol. The first-order chi connectivity index (χ1) is 10.3. The van der Waals surface area contributed by atoms with Crippen molar-refractivity contribution < 1.29 is 4.74 Å². The maximum absolute atomic E-state index is 6.04. The molecule has 0 bridgehead atoms. The molecule has 0 aromatic carbocycles. The van der Waals surface area contributed by atoms with Crippen LogP contribution in [0.15, 0.2) is 23.3 Å². The molecule has 0 amide bonds. The zero-order valence-corrected chi connectivity index (χ0v) is 15.2. The third-order valence-electron chi connectivity index (χ3n) is 4.07. The van der Waals surface area contributed by atoms with Gasteiger partial charge in [-0.3, -0.25) is 0 Å². The van der Waals surface area contributed by atoms with E-state index in [0.29, 0.717) is 18.4 Å². The summed E-state index contributed by atoms with van der Waals surface area (Å²) in [6.07, 6.45) is 8.14. The predicted octanol–water partition coefficient (Wildman–Crippen LogP) is 2.79. The Balaban J connectivity index is 0.00000176. The van der Waals surface area contributed by atoms with E-state index < -0.39 is 0 Å². The number of nitrogens with two attached hydrogens (primary N) is 1. The van der Waals surface area contributed by atoms with E-state index in [1.54, 1.807) is 0 Å². The maximum atomic E-state index is 6.04. The molecule has 1 saturated heterocycles. The van der Waals surface area contributed by atoms with Gasteiger partial charge in [-0.1, -0.05) is 6.07 Å². The van der Waals surface area contributed by atoms with Crippen molar-refractivity contribution in [3.63, 3.8) is 0 Å². The fourth-order valence-corrected chi connectivity index (χ4v) is 2.47. The van der Waals surface area contributed by atoms with E-state index in [1.807, 2.05) is 18.3 Å². The van der Waals surface area contributed by atoms with E-state index in [-0.39, 0.29) is 24.0 Å². The molecule has 5 nitrogen and oxygen atoms in total. The fourth-order valence-electron chi connectivity index (χ4n) is 2.47. The molecule has 22 heavy (non-hydrogen) atoms. The number of ether oxygens (including phenoxy) is 1. The van der Waals surface area contributed by atoms with Crippen molar-refractivity contribution in [3.05, 3.63) is 23.9 Å². The van der Waals surface area contributed by atoms with Gasteiger partial charge in [-0.15, -0.1) is 24.0 Å². The van der Waals surface area contributed by atoms with Gasteiger partial charge in [0, 0.05) is 25.4 Å². The van der Waals surface area contributed by atoms with Gasteiger partial charge in [-0.2, -0.15) is 0 Å². The molecule has 2 heterocycles. The van der Waals surface area contributed by atoms with Crippen LogP contribution in [0.5, 0.6) is 5.88 Å². The van der Waals surface area contributed by atoms with Crippen LogP contribution in [0.4, 0.5) is 0 Å². The molecule has 0 atom stereocenters. The second-order valence-electron chi connectivity index (χ2n) is 5.98. The number of hydrogen-bond donors (Lipinski definition) is 1. The molecule has 0 spiro atoms. The van der Waals surface area contributed by atoms with Crippen LogP contribution in [-0.2, 0) is 6.54 Å². The monoisotopic (exact) mass is 416 g/mol. The Hall–Kier alpha value is -1.05. The van der Waals surface area contributed by atoms with E-state index in [9.17, 15) is 0 Å². The number of pyridine rings is 1. The maximum Gasteiger partial charge on any atom is 0.213 e. The van der Waals surface area contributed by atoms with Gasteiger partial charge < -0.3 is 15.4 Å². The molecular weight excluding hydrogens is 391 g/mol. The van der Waals surface area contributed by atoms with Gasteiger partial charge in [0.05, 0.1) is 13.2 Å². The summed E-state index contributed by atoms with van der Waals surface area (Å²) < 4.78 is 5.63. The normalized spacial score (nSPS) is 18.7. The third-order valence-corrected chi connectivity index (χ3v) is 4.07. The number of nitrogens with zero attached hydrogens (tertiary/aromatic N) is 3. The molecule has 3 rings (SSSR count). The molecule has 1 saturated carbocycles. The lowest BCUT2D eigenvalue weighted by molar-refractivity contribution is 0.288. The summed E-state index contributed by atoms with van der Waals surface area (Å²) in [6, 6.07) is 3.94. The first-order valence-corrected chi connectivity index (χ1v) is 7.94. The number of hydrogen-bond acceptors (Lipinski definition) is 3. The molecule has 2 aliphatic rings. The Morgan fingerprint density at radius 1 is 1.27 bits per heavy atom. The highest BCUT2D eigenvalue weighted by Gasteiger charge is 2.22. The van der Waals surface area contributed by atoms with E-state index in [4.69, 9.17) is 10.5 Å². The van der Waals surface area contributed by atoms with Gasteiger partial charge >= 0.3 is 0 Å². The molecule has 6 heteroatoms. The zero-order chi connectivity index (χ0) is 14.5. The van der Waals surface area contributed by atoms with Crippen LogP contribution >= 0.6 is 24.0 Å². The topological polar surface area (TPSA) is 63.7 Å². The van der Waals surface area contributed by atoms with Crippen LogP contribution in [-0.4, -0.2) is 35.5 Å². The summed E-state index contributed by atoms with van der Waals surface area (Å²) in [6.45, 7) is 3.44. The largest absolute Gasteiger partial charge is 0.477 e. The van der Waals surface area contributed by atoms with Crippen LogP contribution in [0.3, 0.4) is 0 Å². The number of likely N-dealkylation sites (tertiary alicyclic amines) is 1. The number of rotatable bonds is 5. The highest BCUT2D eigenvalue weighted by Crippen LogP contribution is 2.29. The van der Waals surface area contributed by atoms with Crippen LogP contribution in [0.2, 0.25) is 0 Å². The van der Waals surface area contributed by atoms with Crippen molar-refractivity contribution >= 4 is 29.9 Å². The standard InChI is InChI=1S/C16H24N4O.HI/c17-16(20-8-2-1-3-9-20)19-11-14-6-7-15(18-10-14)21-12-13-4-5-13;/h6-7,10,13H,1-5,8-9,11-12H2,(H2,17,19);1H. The lowest BCUT2D eigenvalue weighted by atomic mass is 10.1. The average Bonchev–Trinajstić information content (AvgIpc) is 3.37. The Morgan fingerprint density at radius 3 is 2.68 bits per heavy atom. The van der Waals surface area contributed by atoms with Gasteiger partial charge in [0.15, 0.2) is 5.96 Å². The minimum absolute atomic E-state index is 0. The summed E-state index contributed by atoms with van der Waals surface area (Å²) in [5, 5.41) is 0. The van der Waals surface area contributed by atoms with E-state index in [1.165, 1.54) is 32.1 Å². The number of halogens is 1. The Labute approximate surface area is 149 Å². The van der Waals surface area contributed by atoms with Crippen molar-refractivity contribution in [3.8, 4) is 5.88 Å². The number of aromatic nitrogens is 1. The molecule has 2 N–H and O–H groups in total. The minimum atomic E-state index is 0. The van der Waals surface area contributed by atoms with Crippen molar-refractivity contribution in [1.82, 2.24) is 9.88 Å². The van der Waals surface area contributed by atoms with Gasteiger partial charge in [0.1, 0.15) is 0 Å². The van der Waals surface area contributed by atoms with Crippen molar-refractivity contribution in [2.24, 2.45) is 16.6 Å². The SMILES string of the molecule is I.NC(=NCc1ccc(OCC2CC2)nc1)N1CCCCC1. The highest BCUT2D eigenvalue weighted by molar-refractivity contribution is 14.0. The fraction of sp³-hybridized carbons (Fsp3) is 0.625. The molecule has 1 aliphatic carbocycles. The lowest BCUT2D eigenvalue weighted by Gasteiger charge is -2.27. The van der Waals surface area contributed by atoms with Crippen LogP contribution in [0, 0.1) is 5.92 Å². The van der Waals surface area contributed by atoms with Gasteiger partial charge in [0.2, 0.25) is 5.88 Å². The number of aliphatic imine (C=N–C) groups is 1. The molecule has 0 radical (unpaired) electrons. The zero-order valence-electron chi connectivity index (χ0n) is 12.9. The Kier molecular flexibility index (Phi) is 6.72. The van der Waals surface area contributed by atoms with E-state index in [0.717, 1.165) is 31.2 Å². The van der Waals surface area contributed by atoms with Crippen molar-refractivity contribution in [2.75, 3.05) is 19.7 Å². The Morgan fingerprint density at radius 2 is 2.05 bits per heavy atom. The third kappa shape index (κ3) is 5.30. The summed E-state index contributed by atoms with van der Waals surface area (Å²) in [7, 11) is 0. The molecule has 0 unspecified atom stereocenters. The molecule has 1 aliphatic heterocycles. The minimum Gasteiger partial charge on any atom is -0.477 e.